The lowest BCUT2D eigenvalue weighted by atomic mass is 10.1. The van der Waals surface area contributed by atoms with E-state index in [0.717, 1.165) is 30.3 Å². The van der Waals surface area contributed by atoms with E-state index < -0.39 is 0 Å². The van der Waals surface area contributed by atoms with E-state index in [-0.39, 0.29) is 0 Å². The average Bonchev–Trinajstić information content (AvgIpc) is 2.92. The van der Waals surface area contributed by atoms with E-state index in [9.17, 15) is 0 Å². The van der Waals surface area contributed by atoms with Crippen molar-refractivity contribution < 1.29 is 0 Å². The summed E-state index contributed by atoms with van der Waals surface area (Å²) in [6.07, 6.45) is 3.81. The number of nitrogens with zero attached hydrogens (tertiary/aromatic N) is 3. The first-order valence-corrected chi connectivity index (χ1v) is 7.87. The molecule has 0 spiro atoms. The van der Waals surface area contributed by atoms with Gasteiger partial charge in [-0.3, -0.25) is 9.88 Å². The fourth-order valence-electron chi connectivity index (χ4n) is 2.51. The van der Waals surface area contributed by atoms with Crippen LogP contribution >= 0.6 is 11.3 Å². The molecule has 2 atom stereocenters. The predicted molar refractivity (Wildman–Crippen MR) is 82.7 cm³/mol. The Morgan fingerprint density at radius 3 is 3.05 bits per heavy atom. The summed E-state index contributed by atoms with van der Waals surface area (Å²) in [4.78, 5) is 12.7. The highest BCUT2D eigenvalue weighted by atomic mass is 32.1. The van der Waals surface area contributed by atoms with Crippen molar-refractivity contribution >= 4 is 11.3 Å². The monoisotopic (exact) mass is 288 g/mol. The first-order chi connectivity index (χ1) is 9.72. The third-order valence-electron chi connectivity index (χ3n) is 3.69. The Kier molecular flexibility index (Phi) is 4.10. The molecule has 20 heavy (non-hydrogen) atoms. The van der Waals surface area contributed by atoms with Gasteiger partial charge in [-0.25, -0.2) is 4.98 Å². The van der Waals surface area contributed by atoms with Crippen molar-refractivity contribution in [1.82, 2.24) is 20.2 Å². The third-order valence-corrected chi connectivity index (χ3v) is 4.69. The molecular formula is C15H20N4S. The molecule has 2 aromatic rings. The van der Waals surface area contributed by atoms with Gasteiger partial charge in [0.1, 0.15) is 5.01 Å². The zero-order chi connectivity index (χ0) is 13.9. The quantitative estimate of drug-likeness (QED) is 0.941. The maximum atomic E-state index is 4.51. The van der Waals surface area contributed by atoms with Crippen LogP contribution in [0.1, 0.15) is 18.7 Å². The van der Waals surface area contributed by atoms with Crippen LogP contribution in [0.5, 0.6) is 0 Å². The van der Waals surface area contributed by atoms with Crippen molar-refractivity contribution in [2.45, 2.75) is 32.5 Å². The number of piperazine rings is 1. The summed E-state index contributed by atoms with van der Waals surface area (Å²) in [6, 6.07) is 7.09. The van der Waals surface area contributed by atoms with E-state index in [1.165, 1.54) is 4.88 Å². The van der Waals surface area contributed by atoms with Crippen LogP contribution in [0.2, 0.25) is 0 Å². The zero-order valence-corrected chi connectivity index (χ0v) is 12.7. The van der Waals surface area contributed by atoms with Crippen molar-refractivity contribution in [3.8, 4) is 10.7 Å². The molecule has 106 valence electrons. The largest absolute Gasteiger partial charge is 0.311 e. The van der Waals surface area contributed by atoms with E-state index in [0.29, 0.717) is 12.1 Å². The number of aromatic nitrogens is 2. The van der Waals surface area contributed by atoms with E-state index in [2.05, 4.69) is 34.0 Å². The molecule has 3 heterocycles. The van der Waals surface area contributed by atoms with Crippen molar-refractivity contribution in [1.29, 1.82) is 0 Å². The molecule has 0 saturated carbocycles. The molecule has 1 fully saturated rings. The van der Waals surface area contributed by atoms with Crippen LogP contribution in [0.25, 0.3) is 10.7 Å². The van der Waals surface area contributed by atoms with Gasteiger partial charge in [0.25, 0.3) is 0 Å². The van der Waals surface area contributed by atoms with Crippen LogP contribution in [-0.2, 0) is 6.54 Å². The van der Waals surface area contributed by atoms with Crippen molar-refractivity contribution in [2.24, 2.45) is 0 Å². The molecule has 0 radical (unpaired) electrons. The van der Waals surface area contributed by atoms with Gasteiger partial charge in [0.15, 0.2) is 0 Å². The van der Waals surface area contributed by atoms with Gasteiger partial charge in [-0.05, 0) is 26.0 Å². The molecule has 1 aliphatic heterocycles. The minimum Gasteiger partial charge on any atom is -0.311 e. The van der Waals surface area contributed by atoms with Gasteiger partial charge in [0, 0.05) is 49.0 Å². The SMILES string of the molecule is CC1CN(Cc2cnc(-c3ccccn3)s2)C(C)CN1. The number of rotatable bonds is 3. The van der Waals surface area contributed by atoms with Crippen LogP contribution in [0.4, 0.5) is 0 Å². The van der Waals surface area contributed by atoms with Gasteiger partial charge in [-0.15, -0.1) is 11.3 Å². The minimum atomic E-state index is 0.564. The van der Waals surface area contributed by atoms with Gasteiger partial charge in [-0.1, -0.05) is 6.07 Å². The molecule has 1 N–H and O–H groups in total. The Morgan fingerprint density at radius 1 is 1.35 bits per heavy atom. The topological polar surface area (TPSA) is 41.1 Å². The molecule has 5 heteroatoms. The highest BCUT2D eigenvalue weighted by Crippen LogP contribution is 2.25. The number of nitrogens with one attached hydrogen (secondary N) is 1. The summed E-state index contributed by atoms with van der Waals surface area (Å²) in [5.41, 5.74) is 0.963. The normalized spacial score (nSPS) is 23.9. The summed E-state index contributed by atoms with van der Waals surface area (Å²) in [6.45, 7) is 7.66. The number of hydrogen-bond acceptors (Lipinski definition) is 5. The molecular weight excluding hydrogens is 268 g/mol. The number of thiazole rings is 1. The van der Waals surface area contributed by atoms with E-state index in [1.54, 1.807) is 11.3 Å². The first-order valence-electron chi connectivity index (χ1n) is 7.06. The molecule has 4 nitrogen and oxygen atoms in total. The molecule has 0 amide bonds. The standard InChI is InChI=1S/C15H20N4S/c1-11-9-19(12(2)7-17-11)10-13-8-18-15(20-13)14-5-3-4-6-16-14/h3-6,8,11-12,17H,7,9-10H2,1-2H3. The molecule has 3 rings (SSSR count). The fraction of sp³-hybridized carbons (Fsp3) is 0.467. The summed E-state index contributed by atoms with van der Waals surface area (Å²) in [7, 11) is 0. The van der Waals surface area contributed by atoms with Crippen LogP contribution in [0, 0.1) is 0 Å². The third kappa shape index (κ3) is 3.06. The Hall–Kier alpha value is -1.30. The van der Waals surface area contributed by atoms with Gasteiger partial charge in [0.05, 0.1) is 5.69 Å². The summed E-state index contributed by atoms with van der Waals surface area (Å²) in [5.74, 6) is 0. The Labute approximate surface area is 123 Å². The second kappa shape index (κ2) is 5.99. The molecule has 0 bridgehead atoms. The van der Waals surface area contributed by atoms with Gasteiger partial charge >= 0.3 is 0 Å². The molecule has 0 aromatic carbocycles. The zero-order valence-electron chi connectivity index (χ0n) is 11.9. The van der Waals surface area contributed by atoms with Gasteiger partial charge in [0.2, 0.25) is 0 Å². The Bertz CT molecular complexity index is 554. The van der Waals surface area contributed by atoms with Crippen molar-refractivity contribution in [3.63, 3.8) is 0 Å². The second-order valence-electron chi connectivity index (χ2n) is 5.43. The predicted octanol–water partition coefficient (Wildman–Crippen LogP) is 2.39. The number of hydrogen-bond donors (Lipinski definition) is 1. The maximum Gasteiger partial charge on any atom is 0.142 e. The van der Waals surface area contributed by atoms with Crippen LogP contribution in [0.3, 0.4) is 0 Å². The van der Waals surface area contributed by atoms with Crippen molar-refractivity contribution in [3.05, 3.63) is 35.5 Å². The molecule has 2 aromatic heterocycles. The summed E-state index contributed by atoms with van der Waals surface area (Å²) in [5, 5.41) is 4.53. The highest BCUT2D eigenvalue weighted by Gasteiger charge is 2.22. The Balaban J connectivity index is 1.71. The van der Waals surface area contributed by atoms with Crippen LogP contribution in [0.15, 0.2) is 30.6 Å². The molecule has 1 saturated heterocycles. The van der Waals surface area contributed by atoms with Crippen LogP contribution < -0.4 is 5.32 Å². The van der Waals surface area contributed by atoms with Gasteiger partial charge in [-0.2, -0.15) is 0 Å². The van der Waals surface area contributed by atoms with E-state index >= 15 is 0 Å². The lowest BCUT2D eigenvalue weighted by Gasteiger charge is -2.37. The molecule has 2 unspecified atom stereocenters. The average molecular weight is 288 g/mol. The minimum absolute atomic E-state index is 0.564. The fourth-order valence-corrected chi connectivity index (χ4v) is 3.42. The summed E-state index contributed by atoms with van der Waals surface area (Å²) < 4.78 is 0. The highest BCUT2D eigenvalue weighted by molar-refractivity contribution is 7.14. The van der Waals surface area contributed by atoms with Gasteiger partial charge < -0.3 is 5.32 Å². The lowest BCUT2D eigenvalue weighted by Crippen LogP contribution is -2.53. The second-order valence-corrected chi connectivity index (χ2v) is 6.55. The smallest absolute Gasteiger partial charge is 0.142 e. The maximum absolute atomic E-state index is 4.51. The lowest BCUT2D eigenvalue weighted by molar-refractivity contribution is 0.140. The Morgan fingerprint density at radius 2 is 2.25 bits per heavy atom. The van der Waals surface area contributed by atoms with Crippen LogP contribution in [-0.4, -0.2) is 40.0 Å². The number of pyridine rings is 1. The molecule has 0 aliphatic carbocycles. The van der Waals surface area contributed by atoms with E-state index in [4.69, 9.17) is 0 Å². The first kappa shape index (κ1) is 13.7. The van der Waals surface area contributed by atoms with E-state index in [1.807, 2.05) is 30.6 Å². The van der Waals surface area contributed by atoms with Crippen molar-refractivity contribution in [2.75, 3.05) is 13.1 Å². The summed E-state index contributed by atoms with van der Waals surface area (Å²) >= 11 is 1.75. The molecule has 1 aliphatic rings.